The lowest BCUT2D eigenvalue weighted by Gasteiger charge is -2.34. The number of likely N-dealkylation sites (tertiary alicyclic amines) is 1. The van der Waals surface area contributed by atoms with Gasteiger partial charge in [0.2, 0.25) is 0 Å². The van der Waals surface area contributed by atoms with Crippen LogP contribution in [0.1, 0.15) is 82.0 Å². The molecule has 5 nitrogen and oxygen atoms in total. The third-order valence-corrected chi connectivity index (χ3v) is 9.18. The van der Waals surface area contributed by atoms with Crippen LogP contribution in [0.5, 0.6) is 0 Å². The second-order valence-corrected chi connectivity index (χ2v) is 12.3. The topological polar surface area (TPSA) is 58.4 Å². The second-order valence-electron chi connectivity index (χ2n) is 11.9. The van der Waals surface area contributed by atoms with Gasteiger partial charge in [0.05, 0.1) is 16.6 Å². The third-order valence-electron chi connectivity index (χ3n) is 8.93. The van der Waals surface area contributed by atoms with Gasteiger partial charge >= 0.3 is 5.97 Å². The number of hydrogen-bond acceptors (Lipinski definition) is 3. The summed E-state index contributed by atoms with van der Waals surface area (Å²) in [6.07, 6.45) is 4.37. The minimum Gasteiger partial charge on any atom is -0.478 e. The van der Waals surface area contributed by atoms with Crippen molar-refractivity contribution in [3.05, 3.63) is 135 Å². The Morgan fingerprint density at radius 2 is 1.56 bits per heavy atom. The van der Waals surface area contributed by atoms with Crippen molar-refractivity contribution in [3.63, 3.8) is 0 Å². The van der Waals surface area contributed by atoms with Crippen LogP contribution in [-0.2, 0) is 6.54 Å². The fourth-order valence-corrected chi connectivity index (χ4v) is 6.73. The molecule has 1 unspecified atom stereocenters. The van der Waals surface area contributed by atoms with Crippen molar-refractivity contribution < 1.29 is 14.3 Å². The summed E-state index contributed by atoms with van der Waals surface area (Å²) < 4.78 is 16.4. The Labute approximate surface area is 255 Å². The van der Waals surface area contributed by atoms with Crippen molar-refractivity contribution in [3.8, 4) is 0 Å². The van der Waals surface area contributed by atoms with Crippen molar-refractivity contribution in [2.75, 3.05) is 13.1 Å². The zero-order valence-corrected chi connectivity index (χ0v) is 24.6. The van der Waals surface area contributed by atoms with Gasteiger partial charge in [0.1, 0.15) is 11.6 Å². The van der Waals surface area contributed by atoms with Crippen molar-refractivity contribution >= 4 is 28.6 Å². The first kappa shape index (κ1) is 27.8. The first-order valence-electron chi connectivity index (χ1n) is 15.0. The summed E-state index contributed by atoms with van der Waals surface area (Å²) in [6.45, 7) is 2.63. The summed E-state index contributed by atoms with van der Waals surface area (Å²) in [7, 11) is 0. The van der Waals surface area contributed by atoms with E-state index in [1.54, 1.807) is 12.1 Å². The lowest BCUT2D eigenvalue weighted by Crippen LogP contribution is -2.34. The molecule has 2 heterocycles. The van der Waals surface area contributed by atoms with Crippen LogP contribution in [0.15, 0.2) is 91.0 Å². The number of halogens is 2. The Kier molecular flexibility index (Phi) is 7.50. The summed E-state index contributed by atoms with van der Waals surface area (Å²) in [5.74, 6) is 0.499. The van der Waals surface area contributed by atoms with Gasteiger partial charge in [-0.1, -0.05) is 54.1 Å². The first-order valence-corrected chi connectivity index (χ1v) is 15.4. The number of piperidine rings is 1. The van der Waals surface area contributed by atoms with E-state index >= 15 is 0 Å². The molecule has 0 radical (unpaired) electrons. The molecular formula is C36H33ClFN3O2. The molecular weight excluding hydrogens is 561 g/mol. The van der Waals surface area contributed by atoms with E-state index in [9.17, 15) is 14.3 Å². The first-order chi connectivity index (χ1) is 20.9. The zero-order valence-electron chi connectivity index (χ0n) is 23.8. The Hall–Kier alpha value is -4.00. The second kappa shape index (κ2) is 11.6. The van der Waals surface area contributed by atoms with Crippen LogP contribution >= 0.6 is 11.6 Å². The van der Waals surface area contributed by atoms with Crippen molar-refractivity contribution in [1.82, 2.24) is 14.5 Å². The van der Waals surface area contributed by atoms with E-state index in [-0.39, 0.29) is 11.7 Å². The van der Waals surface area contributed by atoms with Crippen LogP contribution in [0, 0.1) is 5.82 Å². The highest BCUT2D eigenvalue weighted by Crippen LogP contribution is 2.44. The fraction of sp³-hybridized carbons (Fsp3) is 0.278. The van der Waals surface area contributed by atoms with Gasteiger partial charge in [-0.15, -0.1) is 0 Å². The number of hydrogen-bond donors (Lipinski definition) is 1. The molecule has 5 aromatic rings. The van der Waals surface area contributed by atoms with Gasteiger partial charge in [0, 0.05) is 42.5 Å². The number of carbonyl (C=O) groups is 1. The molecule has 0 spiro atoms. The van der Waals surface area contributed by atoms with E-state index in [2.05, 4.69) is 39.8 Å². The lowest BCUT2D eigenvalue weighted by molar-refractivity contribution is 0.0696. The predicted molar refractivity (Wildman–Crippen MR) is 167 cm³/mol. The number of rotatable bonds is 8. The molecule has 7 rings (SSSR count). The molecule has 43 heavy (non-hydrogen) atoms. The highest BCUT2D eigenvalue weighted by molar-refractivity contribution is 6.30. The molecule has 2 fully saturated rings. The molecule has 7 heteroatoms. The number of benzene rings is 4. The largest absolute Gasteiger partial charge is 0.478 e. The van der Waals surface area contributed by atoms with Crippen molar-refractivity contribution in [2.45, 2.75) is 50.1 Å². The number of imidazole rings is 1. The summed E-state index contributed by atoms with van der Waals surface area (Å²) in [4.78, 5) is 19.0. The van der Waals surface area contributed by atoms with Crippen molar-refractivity contribution in [1.29, 1.82) is 0 Å². The Bertz CT molecular complexity index is 1730. The van der Waals surface area contributed by atoms with E-state index in [0.717, 1.165) is 65.8 Å². The van der Waals surface area contributed by atoms with E-state index in [0.29, 0.717) is 22.5 Å². The average Bonchev–Trinajstić information content (AvgIpc) is 3.80. The third kappa shape index (κ3) is 5.82. The highest BCUT2D eigenvalue weighted by Gasteiger charge is 2.33. The molecule has 1 aliphatic heterocycles. The average molecular weight is 594 g/mol. The number of carboxylic acid groups (broad SMARTS) is 1. The highest BCUT2D eigenvalue weighted by atomic mass is 35.5. The summed E-state index contributed by atoms with van der Waals surface area (Å²) in [5.41, 5.74) is 6.81. The SMILES string of the molecule is O=C(O)c1cccc(CN2CCC(n3c(C4CC4)nc4ccc(C(c5ccc(F)cc5)c5ccc(Cl)cc5)cc43)CC2)c1. The number of carboxylic acids is 1. The van der Waals surface area contributed by atoms with Gasteiger partial charge in [-0.05, 0) is 96.5 Å². The van der Waals surface area contributed by atoms with Crippen LogP contribution in [0.3, 0.4) is 0 Å². The minimum atomic E-state index is -0.891. The van der Waals surface area contributed by atoms with Gasteiger partial charge in [-0.3, -0.25) is 4.90 Å². The van der Waals surface area contributed by atoms with Crippen LogP contribution in [0.4, 0.5) is 4.39 Å². The summed E-state index contributed by atoms with van der Waals surface area (Å²) in [6, 6.07) is 28.9. The molecule has 0 amide bonds. The predicted octanol–water partition coefficient (Wildman–Crippen LogP) is 8.42. The van der Waals surface area contributed by atoms with E-state index in [1.165, 1.54) is 30.8 Å². The Balaban J connectivity index is 1.21. The molecule has 2 aliphatic rings. The van der Waals surface area contributed by atoms with Crippen LogP contribution in [-0.4, -0.2) is 38.6 Å². The van der Waals surface area contributed by atoms with Crippen LogP contribution < -0.4 is 0 Å². The molecule has 0 bridgehead atoms. The van der Waals surface area contributed by atoms with Gasteiger partial charge < -0.3 is 9.67 Å². The molecule has 1 aliphatic carbocycles. The maximum absolute atomic E-state index is 13.9. The standard InChI is InChI=1S/C36H33ClFN3O2/c37-29-11-6-24(7-12-29)34(25-8-13-30(38)14-9-25)27-10-15-32-33(21-27)41(35(39-32)26-4-5-26)31-16-18-40(19-17-31)22-23-2-1-3-28(20-23)36(42)43/h1-3,6-15,20-21,26,31,34H,4-5,16-19,22H2,(H,42,43). The summed E-state index contributed by atoms with van der Waals surface area (Å²) >= 11 is 6.24. The van der Waals surface area contributed by atoms with Crippen LogP contribution in [0.2, 0.25) is 5.02 Å². The molecule has 1 N–H and O–H groups in total. The van der Waals surface area contributed by atoms with Crippen molar-refractivity contribution in [2.24, 2.45) is 0 Å². The number of aromatic nitrogens is 2. The summed E-state index contributed by atoms with van der Waals surface area (Å²) in [5, 5.41) is 10.1. The lowest BCUT2D eigenvalue weighted by atomic mass is 9.85. The fourth-order valence-electron chi connectivity index (χ4n) is 6.61. The van der Waals surface area contributed by atoms with E-state index < -0.39 is 5.97 Å². The Morgan fingerprint density at radius 1 is 0.884 bits per heavy atom. The smallest absolute Gasteiger partial charge is 0.335 e. The van der Waals surface area contributed by atoms with Gasteiger partial charge in [0.15, 0.2) is 0 Å². The molecule has 1 aromatic heterocycles. The zero-order chi connectivity index (χ0) is 29.5. The maximum Gasteiger partial charge on any atom is 0.335 e. The molecule has 218 valence electrons. The van der Waals surface area contributed by atoms with Gasteiger partial charge in [0.25, 0.3) is 0 Å². The number of nitrogens with zero attached hydrogens (tertiary/aromatic N) is 3. The van der Waals surface area contributed by atoms with E-state index in [4.69, 9.17) is 16.6 Å². The molecule has 1 atom stereocenters. The molecule has 4 aromatic carbocycles. The van der Waals surface area contributed by atoms with Gasteiger partial charge in [-0.2, -0.15) is 0 Å². The number of fused-ring (bicyclic) bond motifs is 1. The normalized spacial score (nSPS) is 16.9. The molecule has 1 saturated heterocycles. The quantitative estimate of drug-likeness (QED) is 0.183. The minimum absolute atomic E-state index is 0.0709. The van der Waals surface area contributed by atoms with Gasteiger partial charge in [-0.25, -0.2) is 14.2 Å². The van der Waals surface area contributed by atoms with Crippen LogP contribution in [0.25, 0.3) is 11.0 Å². The monoisotopic (exact) mass is 593 g/mol. The maximum atomic E-state index is 13.9. The molecule has 1 saturated carbocycles. The number of aromatic carboxylic acids is 1. The Morgan fingerprint density at radius 3 is 2.23 bits per heavy atom. The van der Waals surface area contributed by atoms with E-state index in [1.807, 2.05) is 36.4 Å².